The van der Waals surface area contributed by atoms with Gasteiger partial charge in [0.2, 0.25) is 0 Å². The Morgan fingerprint density at radius 1 is 1.27 bits per heavy atom. The number of esters is 1. The Balaban J connectivity index is 0.000000921. The van der Waals surface area contributed by atoms with Crippen molar-refractivity contribution in [1.82, 2.24) is 0 Å². The smallest absolute Gasteiger partial charge is 0.313 e. The predicted molar refractivity (Wildman–Crippen MR) is 62.8 cm³/mol. The number of carbonyl (C=O) groups excluding carboxylic acids is 1. The number of hydrogen-bond acceptors (Lipinski definition) is 2. The van der Waals surface area contributed by atoms with Gasteiger partial charge in [-0.3, -0.25) is 4.79 Å². The third-order valence-electron chi connectivity index (χ3n) is 1.94. The van der Waals surface area contributed by atoms with Crippen molar-refractivity contribution in [3.63, 3.8) is 0 Å². The fraction of sp³-hybridized carbons (Fsp3) is 0.462. The maximum absolute atomic E-state index is 11.3. The molecule has 0 amide bonds. The van der Waals surface area contributed by atoms with Crippen LogP contribution in [0, 0.1) is 0 Å². The minimum atomic E-state index is -0.166. The van der Waals surface area contributed by atoms with E-state index < -0.39 is 0 Å². The molecule has 0 N–H and O–H groups in total. The lowest BCUT2D eigenvalue weighted by molar-refractivity contribution is -0.144. The van der Waals surface area contributed by atoms with Gasteiger partial charge in [0.15, 0.2) is 0 Å². The third kappa shape index (κ3) is 4.63. The normalized spacial score (nSPS) is 10.9. The molecule has 0 saturated carbocycles. The van der Waals surface area contributed by atoms with E-state index in [9.17, 15) is 4.79 Å². The van der Waals surface area contributed by atoms with Crippen molar-refractivity contribution in [2.24, 2.45) is 0 Å². The molecule has 0 aromatic heterocycles. The van der Waals surface area contributed by atoms with Gasteiger partial charge >= 0.3 is 5.97 Å². The number of benzene rings is 1. The van der Waals surface area contributed by atoms with Gasteiger partial charge in [0.05, 0.1) is 12.5 Å². The van der Waals surface area contributed by atoms with Crippen LogP contribution in [0.5, 0.6) is 0 Å². The van der Waals surface area contributed by atoms with E-state index in [0.29, 0.717) is 6.61 Å². The minimum Gasteiger partial charge on any atom is -0.466 e. The van der Waals surface area contributed by atoms with Crippen molar-refractivity contribution in [2.45, 2.75) is 33.6 Å². The highest BCUT2D eigenvalue weighted by Gasteiger charge is 2.14. The number of hydrogen-bond donors (Lipinski definition) is 0. The maximum atomic E-state index is 11.3. The molecule has 0 aliphatic carbocycles. The minimum absolute atomic E-state index is 0.159. The molecule has 0 aliphatic rings. The fourth-order valence-corrected chi connectivity index (χ4v) is 1.15. The molecule has 0 bridgehead atoms. The summed E-state index contributed by atoms with van der Waals surface area (Å²) in [5.41, 5.74) is 1.00. The summed E-state index contributed by atoms with van der Waals surface area (Å²) in [4.78, 5) is 11.3. The van der Waals surface area contributed by atoms with Gasteiger partial charge in [-0.25, -0.2) is 0 Å². The fourth-order valence-electron chi connectivity index (χ4n) is 1.15. The van der Waals surface area contributed by atoms with Crippen molar-refractivity contribution < 1.29 is 9.53 Å². The largest absolute Gasteiger partial charge is 0.466 e. The first-order valence-electron chi connectivity index (χ1n) is 5.47. The second-order valence-electron chi connectivity index (χ2n) is 2.88. The van der Waals surface area contributed by atoms with Crippen molar-refractivity contribution in [1.29, 1.82) is 0 Å². The Morgan fingerprint density at radius 2 is 1.80 bits per heavy atom. The molecule has 0 saturated heterocycles. The van der Waals surface area contributed by atoms with Crippen molar-refractivity contribution >= 4 is 5.97 Å². The van der Waals surface area contributed by atoms with Crippen molar-refractivity contribution in [3.05, 3.63) is 35.9 Å². The molecule has 0 fully saturated rings. The Bertz CT molecular complexity index is 267. The average molecular weight is 208 g/mol. The van der Waals surface area contributed by atoms with E-state index >= 15 is 0 Å². The highest BCUT2D eigenvalue weighted by molar-refractivity contribution is 5.77. The van der Waals surface area contributed by atoms with Gasteiger partial charge in [0.25, 0.3) is 0 Å². The summed E-state index contributed by atoms with van der Waals surface area (Å²) in [5.74, 6) is -0.324. The van der Waals surface area contributed by atoms with Gasteiger partial charge in [-0.05, 0) is 19.4 Å². The summed E-state index contributed by atoms with van der Waals surface area (Å²) in [5, 5.41) is 0. The van der Waals surface area contributed by atoms with E-state index in [1.807, 2.05) is 58.0 Å². The molecule has 15 heavy (non-hydrogen) atoms. The molecule has 1 aromatic rings. The van der Waals surface area contributed by atoms with Crippen LogP contribution in [0.15, 0.2) is 30.3 Å². The van der Waals surface area contributed by atoms with Crippen LogP contribution in [0.4, 0.5) is 0 Å². The molecule has 0 aliphatic heterocycles. The molecule has 1 rings (SSSR count). The standard InChI is InChI=1S/C11H14O2.C2H6/c1-3-13-11(12)9(2)10-7-5-4-6-8-10;1-2/h4-9H,3H2,1-2H3;1-2H3. The first-order chi connectivity index (χ1) is 7.25. The van der Waals surface area contributed by atoms with Gasteiger partial charge in [0, 0.05) is 0 Å². The number of rotatable bonds is 3. The Labute approximate surface area is 92.3 Å². The molecule has 84 valence electrons. The average Bonchev–Trinajstić information content (AvgIpc) is 2.32. The van der Waals surface area contributed by atoms with E-state index in [0.717, 1.165) is 5.56 Å². The van der Waals surface area contributed by atoms with Crippen LogP contribution < -0.4 is 0 Å². The highest BCUT2D eigenvalue weighted by atomic mass is 16.5. The van der Waals surface area contributed by atoms with Crippen molar-refractivity contribution in [2.75, 3.05) is 6.61 Å². The Kier molecular flexibility index (Phi) is 7.33. The molecule has 2 nitrogen and oxygen atoms in total. The van der Waals surface area contributed by atoms with Gasteiger partial charge in [0.1, 0.15) is 0 Å². The zero-order chi connectivity index (χ0) is 11.7. The summed E-state index contributed by atoms with van der Waals surface area (Å²) in [6.45, 7) is 8.11. The quantitative estimate of drug-likeness (QED) is 0.712. The topological polar surface area (TPSA) is 26.3 Å². The zero-order valence-electron chi connectivity index (χ0n) is 9.99. The summed E-state index contributed by atoms with van der Waals surface area (Å²) >= 11 is 0. The van der Waals surface area contributed by atoms with Gasteiger partial charge in [-0.2, -0.15) is 0 Å². The molecular formula is C13H20O2. The van der Waals surface area contributed by atoms with Crippen LogP contribution in [0.1, 0.15) is 39.2 Å². The second kappa shape index (κ2) is 8.04. The van der Waals surface area contributed by atoms with Gasteiger partial charge < -0.3 is 4.74 Å². The molecule has 2 heteroatoms. The first-order valence-corrected chi connectivity index (χ1v) is 5.47. The Hall–Kier alpha value is -1.31. The van der Waals surface area contributed by atoms with E-state index in [4.69, 9.17) is 4.74 Å². The Morgan fingerprint density at radius 3 is 2.27 bits per heavy atom. The molecule has 0 heterocycles. The third-order valence-corrected chi connectivity index (χ3v) is 1.94. The zero-order valence-corrected chi connectivity index (χ0v) is 9.99. The van der Waals surface area contributed by atoms with Crippen LogP contribution in [0.25, 0.3) is 0 Å². The predicted octanol–water partition coefficient (Wildman–Crippen LogP) is 3.38. The highest BCUT2D eigenvalue weighted by Crippen LogP contribution is 2.15. The van der Waals surface area contributed by atoms with Crippen molar-refractivity contribution in [3.8, 4) is 0 Å². The second-order valence-corrected chi connectivity index (χ2v) is 2.88. The van der Waals surface area contributed by atoms with Gasteiger partial charge in [-0.15, -0.1) is 0 Å². The van der Waals surface area contributed by atoms with E-state index in [1.165, 1.54) is 0 Å². The van der Waals surface area contributed by atoms with Crippen LogP contribution in [-0.2, 0) is 9.53 Å². The summed E-state index contributed by atoms with van der Waals surface area (Å²) in [7, 11) is 0. The molecule has 1 atom stereocenters. The maximum Gasteiger partial charge on any atom is 0.313 e. The molecule has 1 unspecified atom stereocenters. The van der Waals surface area contributed by atoms with Crippen LogP contribution >= 0.6 is 0 Å². The summed E-state index contributed by atoms with van der Waals surface area (Å²) in [6, 6.07) is 9.64. The SMILES string of the molecule is CC.CCOC(=O)C(C)c1ccccc1. The van der Waals surface area contributed by atoms with Gasteiger partial charge in [-0.1, -0.05) is 44.2 Å². The lowest BCUT2D eigenvalue weighted by Crippen LogP contribution is -2.12. The van der Waals surface area contributed by atoms with E-state index in [-0.39, 0.29) is 11.9 Å². The molecule has 0 spiro atoms. The first kappa shape index (κ1) is 13.7. The van der Waals surface area contributed by atoms with E-state index in [2.05, 4.69) is 0 Å². The summed E-state index contributed by atoms with van der Waals surface area (Å²) < 4.78 is 4.92. The molecule has 1 aromatic carbocycles. The molecule has 0 radical (unpaired) electrons. The van der Waals surface area contributed by atoms with Crippen LogP contribution in [-0.4, -0.2) is 12.6 Å². The lowest BCUT2D eigenvalue weighted by atomic mass is 10.0. The molecular weight excluding hydrogens is 188 g/mol. The lowest BCUT2D eigenvalue weighted by Gasteiger charge is -2.09. The monoisotopic (exact) mass is 208 g/mol. The summed E-state index contributed by atoms with van der Waals surface area (Å²) in [6.07, 6.45) is 0. The van der Waals surface area contributed by atoms with Crippen LogP contribution in [0.2, 0.25) is 0 Å². The number of carbonyl (C=O) groups is 1. The van der Waals surface area contributed by atoms with Crippen LogP contribution in [0.3, 0.4) is 0 Å². The van der Waals surface area contributed by atoms with E-state index in [1.54, 1.807) is 0 Å². The number of ether oxygens (including phenoxy) is 1.